The van der Waals surface area contributed by atoms with E-state index in [4.69, 9.17) is 9.84 Å². The van der Waals surface area contributed by atoms with Crippen LogP contribution in [-0.2, 0) is 11.3 Å². The Labute approximate surface area is 161 Å². The molecule has 1 N–H and O–H groups in total. The van der Waals surface area contributed by atoms with Gasteiger partial charge in [-0.3, -0.25) is 0 Å². The lowest BCUT2D eigenvalue weighted by atomic mass is 10.1. The molecule has 4 rings (SSSR count). The summed E-state index contributed by atoms with van der Waals surface area (Å²) in [5, 5.41) is 11.3. The zero-order valence-corrected chi connectivity index (χ0v) is 15.7. The SMILES string of the molecule is CSc1c(OCC(=O)O)ccc2c3ccccc3n(Cc3ccccc3)c12. The number of hydrogen-bond donors (Lipinski definition) is 1. The van der Waals surface area contributed by atoms with Crippen molar-refractivity contribution in [2.75, 3.05) is 12.9 Å². The molecule has 0 aliphatic carbocycles. The first-order valence-corrected chi connectivity index (χ1v) is 9.88. The van der Waals surface area contributed by atoms with Gasteiger partial charge in [0, 0.05) is 22.8 Å². The Hall–Kier alpha value is -2.92. The molecular weight excluding hydrogens is 358 g/mol. The molecule has 1 aromatic heterocycles. The number of fused-ring (bicyclic) bond motifs is 3. The number of benzene rings is 3. The average Bonchev–Trinajstić information content (AvgIpc) is 3.01. The van der Waals surface area contributed by atoms with E-state index in [2.05, 4.69) is 28.8 Å². The van der Waals surface area contributed by atoms with Gasteiger partial charge in [-0.1, -0.05) is 48.5 Å². The molecule has 0 saturated heterocycles. The van der Waals surface area contributed by atoms with E-state index in [0.717, 1.165) is 27.9 Å². The molecule has 0 atom stereocenters. The summed E-state index contributed by atoms with van der Waals surface area (Å²) in [4.78, 5) is 11.9. The Kier molecular flexibility index (Phi) is 4.77. The van der Waals surface area contributed by atoms with Crippen LogP contribution in [0.15, 0.2) is 71.6 Å². The van der Waals surface area contributed by atoms with Crippen molar-refractivity contribution in [1.29, 1.82) is 0 Å². The molecule has 0 radical (unpaired) electrons. The molecule has 5 heteroatoms. The summed E-state index contributed by atoms with van der Waals surface area (Å²) >= 11 is 1.58. The van der Waals surface area contributed by atoms with Crippen LogP contribution in [0.25, 0.3) is 21.8 Å². The fourth-order valence-electron chi connectivity index (χ4n) is 3.48. The molecule has 0 aliphatic heterocycles. The third-order valence-corrected chi connectivity index (χ3v) is 5.39. The molecule has 0 spiro atoms. The summed E-state index contributed by atoms with van der Waals surface area (Å²) in [7, 11) is 0. The van der Waals surface area contributed by atoms with Crippen molar-refractivity contribution < 1.29 is 14.6 Å². The highest BCUT2D eigenvalue weighted by molar-refractivity contribution is 7.99. The van der Waals surface area contributed by atoms with Gasteiger partial charge >= 0.3 is 5.97 Å². The van der Waals surface area contributed by atoms with Gasteiger partial charge in [0.15, 0.2) is 6.61 Å². The van der Waals surface area contributed by atoms with Crippen LogP contribution in [0.2, 0.25) is 0 Å². The summed E-state index contributed by atoms with van der Waals surface area (Å²) in [5.41, 5.74) is 3.45. The number of nitrogens with zero attached hydrogens (tertiary/aromatic N) is 1. The van der Waals surface area contributed by atoms with E-state index in [0.29, 0.717) is 5.75 Å². The number of para-hydroxylation sites is 1. The maximum atomic E-state index is 10.9. The quantitative estimate of drug-likeness (QED) is 0.479. The van der Waals surface area contributed by atoms with E-state index in [9.17, 15) is 4.79 Å². The van der Waals surface area contributed by atoms with E-state index in [-0.39, 0.29) is 6.61 Å². The summed E-state index contributed by atoms with van der Waals surface area (Å²) in [6.45, 7) is 0.388. The van der Waals surface area contributed by atoms with Crippen LogP contribution in [0.3, 0.4) is 0 Å². The highest BCUT2D eigenvalue weighted by Crippen LogP contribution is 2.40. The fourth-order valence-corrected chi connectivity index (χ4v) is 4.22. The molecule has 136 valence electrons. The number of aromatic nitrogens is 1. The molecule has 27 heavy (non-hydrogen) atoms. The van der Waals surface area contributed by atoms with Crippen molar-refractivity contribution in [2.45, 2.75) is 11.4 Å². The van der Waals surface area contributed by atoms with Gasteiger partial charge in [0.2, 0.25) is 0 Å². The normalized spacial score (nSPS) is 11.1. The van der Waals surface area contributed by atoms with Crippen LogP contribution < -0.4 is 4.74 Å². The van der Waals surface area contributed by atoms with Gasteiger partial charge in [0.05, 0.1) is 10.4 Å². The Balaban J connectivity index is 1.97. The van der Waals surface area contributed by atoms with Gasteiger partial charge in [0.25, 0.3) is 0 Å². The van der Waals surface area contributed by atoms with Gasteiger partial charge in [-0.15, -0.1) is 11.8 Å². The minimum atomic E-state index is -0.980. The van der Waals surface area contributed by atoms with Gasteiger partial charge in [0.1, 0.15) is 5.75 Å². The summed E-state index contributed by atoms with van der Waals surface area (Å²) in [5.74, 6) is -0.374. The smallest absolute Gasteiger partial charge is 0.341 e. The Morgan fingerprint density at radius 1 is 1.00 bits per heavy atom. The molecule has 0 bridgehead atoms. The van der Waals surface area contributed by atoms with E-state index >= 15 is 0 Å². The topological polar surface area (TPSA) is 51.5 Å². The van der Waals surface area contributed by atoms with Gasteiger partial charge in [-0.25, -0.2) is 4.79 Å². The lowest BCUT2D eigenvalue weighted by Gasteiger charge is -2.13. The molecular formula is C22H19NO3S. The molecule has 0 saturated carbocycles. The van der Waals surface area contributed by atoms with Gasteiger partial charge in [-0.05, 0) is 30.0 Å². The van der Waals surface area contributed by atoms with Crippen LogP contribution >= 0.6 is 11.8 Å². The van der Waals surface area contributed by atoms with Crippen LogP contribution in [0.5, 0.6) is 5.75 Å². The lowest BCUT2D eigenvalue weighted by Crippen LogP contribution is -2.10. The Morgan fingerprint density at radius 2 is 1.74 bits per heavy atom. The highest BCUT2D eigenvalue weighted by Gasteiger charge is 2.18. The third kappa shape index (κ3) is 3.26. The van der Waals surface area contributed by atoms with Crippen molar-refractivity contribution in [3.05, 3.63) is 72.3 Å². The maximum Gasteiger partial charge on any atom is 0.341 e. The number of thioether (sulfide) groups is 1. The predicted molar refractivity (Wildman–Crippen MR) is 110 cm³/mol. The van der Waals surface area contributed by atoms with Gasteiger partial charge < -0.3 is 14.4 Å². The van der Waals surface area contributed by atoms with Crippen LogP contribution in [0.4, 0.5) is 0 Å². The number of aliphatic carboxylic acids is 1. The first-order valence-electron chi connectivity index (χ1n) is 8.65. The van der Waals surface area contributed by atoms with Crippen molar-refractivity contribution in [3.8, 4) is 5.75 Å². The molecule has 4 aromatic rings. The molecule has 0 unspecified atom stereocenters. The van der Waals surface area contributed by atoms with Crippen molar-refractivity contribution in [3.63, 3.8) is 0 Å². The lowest BCUT2D eigenvalue weighted by molar-refractivity contribution is -0.139. The zero-order chi connectivity index (χ0) is 18.8. The predicted octanol–water partition coefficient (Wildman–Crippen LogP) is 5.03. The van der Waals surface area contributed by atoms with E-state index in [1.165, 1.54) is 10.9 Å². The molecule has 3 aromatic carbocycles. The minimum absolute atomic E-state index is 0.349. The van der Waals surface area contributed by atoms with E-state index in [1.807, 2.05) is 48.7 Å². The number of carboxylic acids is 1. The van der Waals surface area contributed by atoms with E-state index in [1.54, 1.807) is 11.8 Å². The molecule has 0 fully saturated rings. The summed E-state index contributed by atoms with van der Waals surface area (Å²) in [6, 6.07) is 22.6. The number of carbonyl (C=O) groups is 1. The average molecular weight is 377 g/mol. The fraction of sp³-hybridized carbons (Fsp3) is 0.136. The van der Waals surface area contributed by atoms with Crippen LogP contribution in [-0.4, -0.2) is 28.5 Å². The van der Waals surface area contributed by atoms with Crippen molar-refractivity contribution in [1.82, 2.24) is 4.57 Å². The van der Waals surface area contributed by atoms with Crippen LogP contribution in [0.1, 0.15) is 5.56 Å². The maximum absolute atomic E-state index is 10.9. The van der Waals surface area contributed by atoms with Crippen molar-refractivity contribution in [2.24, 2.45) is 0 Å². The molecule has 4 nitrogen and oxygen atoms in total. The summed E-state index contributed by atoms with van der Waals surface area (Å²) < 4.78 is 7.86. The summed E-state index contributed by atoms with van der Waals surface area (Å²) in [6.07, 6.45) is 1.99. The third-order valence-electron chi connectivity index (χ3n) is 4.59. The molecule has 1 heterocycles. The first kappa shape index (κ1) is 17.5. The number of rotatable bonds is 6. The Bertz CT molecular complexity index is 1120. The second-order valence-corrected chi connectivity index (χ2v) is 7.08. The first-order chi connectivity index (χ1) is 13.2. The standard InChI is InChI=1S/C22H19NO3S/c1-27-22-19(26-14-20(24)25)12-11-17-16-9-5-6-10-18(16)23(21(17)22)13-15-7-3-2-4-8-15/h2-12H,13-14H2,1H3,(H,24,25). The second-order valence-electron chi connectivity index (χ2n) is 6.26. The second kappa shape index (κ2) is 7.37. The zero-order valence-electron chi connectivity index (χ0n) is 14.9. The largest absolute Gasteiger partial charge is 0.481 e. The van der Waals surface area contributed by atoms with Crippen LogP contribution in [0, 0.1) is 0 Å². The number of hydrogen-bond acceptors (Lipinski definition) is 3. The number of ether oxygens (including phenoxy) is 1. The minimum Gasteiger partial charge on any atom is -0.481 e. The highest BCUT2D eigenvalue weighted by atomic mass is 32.2. The molecule has 0 aliphatic rings. The van der Waals surface area contributed by atoms with Gasteiger partial charge in [-0.2, -0.15) is 0 Å². The monoisotopic (exact) mass is 377 g/mol. The van der Waals surface area contributed by atoms with E-state index < -0.39 is 5.97 Å². The van der Waals surface area contributed by atoms with Crippen molar-refractivity contribution >= 4 is 39.5 Å². The number of carboxylic acid groups (broad SMARTS) is 1. The Morgan fingerprint density at radius 3 is 2.48 bits per heavy atom. The molecule has 0 amide bonds.